The van der Waals surface area contributed by atoms with E-state index in [0.29, 0.717) is 19.0 Å². The highest BCUT2D eigenvalue weighted by atomic mass is 35.5. The number of carbonyl (C=O) groups excluding carboxylic acids is 2. The van der Waals surface area contributed by atoms with E-state index in [1.54, 1.807) is 25.7 Å². The summed E-state index contributed by atoms with van der Waals surface area (Å²) in [4.78, 5) is 37.1. The quantitative estimate of drug-likeness (QED) is 0.346. The predicted molar refractivity (Wildman–Crippen MR) is 157 cm³/mol. The number of carbonyl (C=O) groups is 2. The van der Waals surface area contributed by atoms with Gasteiger partial charge in [0.2, 0.25) is 5.75 Å². The van der Waals surface area contributed by atoms with Crippen molar-refractivity contribution in [1.82, 2.24) is 14.9 Å². The molecule has 0 atom stereocenters. The fraction of sp³-hybridized carbons (Fsp3) is 0.379. The molecule has 2 aromatic carbocycles. The minimum Gasteiger partial charge on any atom is -0.483 e. The van der Waals surface area contributed by atoms with Gasteiger partial charge in [-0.25, -0.2) is 9.78 Å². The van der Waals surface area contributed by atoms with Crippen LogP contribution in [0.25, 0.3) is 0 Å². The summed E-state index contributed by atoms with van der Waals surface area (Å²) in [5.74, 6) is 0.207. The second-order valence-electron chi connectivity index (χ2n) is 11.1. The molecule has 2 aliphatic heterocycles. The Bertz CT molecular complexity index is 1560. The number of aromatic nitrogens is 2. The highest BCUT2D eigenvalue weighted by Crippen LogP contribution is 2.39. The third kappa shape index (κ3) is 7.36. The number of nitrogens with one attached hydrogen (secondary N) is 2. The Morgan fingerprint density at radius 3 is 2.50 bits per heavy atom. The summed E-state index contributed by atoms with van der Waals surface area (Å²) in [5.41, 5.74) is -1.32. The average molecular weight is 635 g/mol. The number of fused-ring (bicyclic) bond motifs is 1. The lowest BCUT2D eigenvalue weighted by molar-refractivity contribution is -0.137. The Morgan fingerprint density at radius 1 is 1.05 bits per heavy atom. The first-order valence-corrected chi connectivity index (χ1v) is 14.1. The molecule has 15 heteroatoms. The van der Waals surface area contributed by atoms with Crippen LogP contribution in [0.2, 0.25) is 5.02 Å². The van der Waals surface area contributed by atoms with E-state index in [0.717, 1.165) is 12.1 Å². The molecule has 1 fully saturated rings. The summed E-state index contributed by atoms with van der Waals surface area (Å²) in [6.45, 7) is 7.27. The van der Waals surface area contributed by atoms with E-state index in [9.17, 15) is 22.8 Å². The summed E-state index contributed by atoms with van der Waals surface area (Å²) in [6, 6.07) is 7.55. The van der Waals surface area contributed by atoms with Gasteiger partial charge in [0.1, 0.15) is 24.3 Å². The Balaban J connectivity index is 1.33. The van der Waals surface area contributed by atoms with Crippen LogP contribution < -0.4 is 25.0 Å². The topological polar surface area (TPSA) is 118 Å². The van der Waals surface area contributed by atoms with Crippen LogP contribution in [0.3, 0.4) is 0 Å². The fourth-order valence-electron chi connectivity index (χ4n) is 4.54. The Hall–Kier alpha value is -4.46. The number of rotatable bonds is 5. The van der Waals surface area contributed by atoms with E-state index in [2.05, 4.69) is 20.6 Å². The third-order valence-electron chi connectivity index (χ3n) is 6.61. The molecule has 0 radical (unpaired) electrons. The van der Waals surface area contributed by atoms with Crippen molar-refractivity contribution >= 4 is 40.8 Å². The van der Waals surface area contributed by atoms with Crippen molar-refractivity contribution in [3.8, 4) is 17.4 Å². The first-order valence-electron chi connectivity index (χ1n) is 13.7. The molecule has 0 unspecified atom stereocenters. The molecular formula is C29H30ClF3N6O5. The van der Waals surface area contributed by atoms with Gasteiger partial charge in [-0.05, 0) is 57.2 Å². The van der Waals surface area contributed by atoms with Gasteiger partial charge in [0.25, 0.3) is 11.8 Å². The number of alkyl halides is 3. The molecule has 3 aromatic rings. The number of ether oxygens (including phenoxy) is 3. The molecule has 11 nitrogen and oxygen atoms in total. The van der Waals surface area contributed by atoms with Crippen LogP contribution in [0.1, 0.15) is 36.7 Å². The number of anilines is 3. The molecule has 0 bridgehead atoms. The van der Waals surface area contributed by atoms with Gasteiger partial charge >= 0.3 is 12.3 Å². The van der Waals surface area contributed by atoms with Gasteiger partial charge in [-0.15, -0.1) is 0 Å². The third-order valence-corrected chi connectivity index (χ3v) is 6.92. The standard InChI is InChI=1S/C29H30ClF3N6O5/c1-28(2,3)44-27(41)39-9-7-38(8-10-39)20-14-18(29(31,32)33)13-19(15-20)37-25(40)17-4-5-21(30)22(12-17)43-26-23-24(35-16-36-26)34-6-11-42-23/h4-5,12-16H,6-11H2,1-3H3,(H,37,40)(H,34,35,36). The first-order chi connectivity index (χ1) is 20.8. The van der Waals surface area contributed by atoms with E-state index in [1.165, 1.54) is 35.5 Å². The molecular weight excluding hydrogens is 605 g/mol. The van der Waals surface area contributed by atoms with Gasteiger partial charge in [-0.2, -0.15) is 18.2 Å². The molecule has 0 spiro atoms. The highest BCUT2D eigenvalue weighted by molar-refractivity contribution is 6.32. The lowest BCUT2D eigenvalue weighted by Gasteiger charge is -2.37. The molecule has 3 heterocycles. The molecule has 1 aromatic heterocycles. The van der Waals surface area contributed by atoms with Crippen molar-refractivity contribution in [3.63, 3.8) is 0 Å². The summed E-state index contributed by atoms with van der Waals surface area (Å²) in [6.07, 6.45) is -3.87. The molecule has 1 saturated heterocycles. The summed E-state index contributed by atoms with van der Waals surface area (Å²) in [7, 11) is 0. The van der Waals surface area contributed by atoms with Gasteiger partial charge < -0.3 is 34.6 Å². The maximum atomic E-state index is 13.9. The molecule has 5 rings (SSSR count). The first kappa shape index (κ1) is 31.0. The average Bonchev–Trinajstić information content (AvgIpc) is 2.97. The Labute approximate surface area is 256 Å². The monoisotopic (exact) mass is 634 g/mol. The molecule has 2 aliphatic rings. The maximum Gasteiger partial charge on any atom is 0.416 e. The summed E-state index contributed by atoms with van der Waals surface area (Å²) in [5, 5.41) is 5.78. The highest BCUT2D eigenvalue weighted by Gasteiger charge is 2.33. The number of hydrogen-bond donors (Lipinski definition) is 2. The SMILES string of the molecule is CC(C)(C)OC(=O)N1CCN(c2cc(NC(=O)c3ccc(Cl)c(Oc4ncnc5c4OCCN5)c3)cc(C(F)(F)F)c2)CC1. The van der Waals surface area contributed by atoms with Crippen molar-refractivity contribution in [2.45, 2.75) is 32.5 Å². The second-order valence-corrected chi connectivity index (χ2v) is 11.5. The van der Waals surface area contributed by atoms with Crippen LogP contribution >= 0.6 is 11.6 Å². The van der Waals surface area contributed by atoms with Gasteiger partial charge in [0, 0.05) is 43.1 Å². The number of benzene rings is 2. The molecule has 44 heavy (non-hydrogen) atoms. The van der Waals surface area contributed by atoms with E-state index >= 15 is 0 Å². The normalized spacial score (nSPS) is 15.1. The van der Waals surface area contributed by atoms with Crippen LogP contribution in [0.15, 0.2) is 42.7 Å². The Kier molecular flexibility index (Phi) is 8.64. The van der Waals surface area contributed by atoms with Gasteiger partial charge in [-0.3, -0.25) is 4.79 Å². The molecule has 0 saturated carbocycles. The minimum atomic E-state index is -4.66. The van der Waals surface area contributed by atoms with Crippen molar-refractivity contribution in [1.29, 1.82) is 0 Å². The van der Waals surface area contributed by atoms with Crippen molar-refractivity contribution in [2.24, 2.45) is 0 Å². The van der Waals surface area contributed by atoms with Crippen molar-refractivity contribution < 1.29 is 37.0 Å². The van der Waals surface area contributed by atoms with Crippen LogP contribution in [0.4, 0.5) is 35.2 Å². The number of hydrogen-bond acceptors (Lipinski definition) is 9. The molecule has 0 aliphatic carbocycles. The largest absolute Gasteiger partial charge is 0.483 e. The van der Waals surface area contributed by atoms with Crippen LogP contribution in [-0.4, -0.2) is 71.8 Å². The number of amides is 2. The lowest BCUT2D eigenvalue weighted by Crippen LogP contribution is -2.50. The zero-order chi connectivity index (χ0) is 31.6. The van der Waals surface area contributed by atoms with E-state index in [4.69, 9.17) is 25.8 Å². The number of halogens is 4. The summed E-state index contributed by atoms with van der Waals surface area (Å²) >= 11 is 6.31. The number of nitrogens with zero attached hydrogens (tertiary/aromatic N) is 4. The van der Waals surface area contributed by atoms with Gasteiger partial charge in [0.15, 0.2) is 5.82 Å². The minimum absolute atomic E-state index is 0.0591. The predicted octanol–water partition coefficient (Wildman–Crippen LogP) is 6.05. The zero-order valence-corrected chi connectivity index (χ0v) is 24.9. The van der Waals surface area contributed by atoms with E-state index in [-0.39, 0.29) is 65.5 Å². The number of piperazine rings is 1. The van der Waals surface area contributed by atoms with Crippen LogP contribution in [0, 0.1) is 0 Å². The summed E-state index contributed by atoms with van der Waals surface area (Å²) < 4.78 is 58.5. The van der Waals surface area contributed by atoms with E-state index < -0.39 is 29.3 Å². The molecule has 2 N–H and O–H groups in total. The van der Waals surface area contributed by atoms with Gasteiger partial charge in [0.05, 0.1) is 17.1 Å². The van der Waals surface area contributed by atoms with Crippen LogP contribution in [-0.2, 0) is 10.9 Å². The molecule has 234 valence electrons. The zero-order valence-electron chi connectivity index (χ0n) is 24.1. The van der Waals surface area contributed by atoms with Gasteiger partial charge in [-0.1, -0.05) is 11.6 Å². The second kappa shape index (κ2) is 12.3. The smallest absolute Gasteiger partial charge is 0.416 e. The fourth-order valence-corrected chi connectivity index (χ4v) is 4.70. The van der Waals surface area contributed by atoms with E-state index in [1.807, 2.05) is 0 Å². The lowest BCUT2D eigenvalue weighted by atomic mass is 10.1. The van der Waals surface area contributed by atoms with Crippen molar-refractivity contribution in [3.05, 3.63) is 58.9 Å². The van der Waals surface area contributed by atoms with Crippen LogP contribution in [0.5, 0.6) is 17.4 Å². The Morgan fingerprint density at radius 2 is 1.80 bits per heavy atom. The maximum absolute atomic E-state index is 13.9. The van der Waals surface area contributed by atoms with Crippen molar-refractivity contribution in [2.75, 3.05) is 54.9 Å². The molecule has 2 amide bonds.